The van der Waals surface area contributed by atoms with Crippen LogP contribution in [0.25, 0.3) is 0 Å². The number of carboxylic acid groups (broad SMARTS) is 2. The summed E-state index contributed by atoms with van der Waals surface area (Å²) in [6.45, 7) is 2.25. The van der Waals surface area contributed by atoms with E-state index >= 15 is 0 Å². The second-order valence-electron chi connectivity index (χ2n) is 7.02. The molecule has 1 unspecified atom stereocenters. The highest BCUT2D eigenvalue weighted by atomic mass is 16.4. The van der Waals surface area contributed by atoms with Crippen LogP contribution in [-0.4, -0.2) is 22.2 Å². The zero-order chi connectivity index (χ0) is 18.8. The predicted octanol–water partition coefficient (Wildman–Crippen LogP) is 6.20. The summed E-state index contributed by atoms with van der Waals surface area (Å²) in [6, 6.07) is 0. The molecule has 0 aromatic rings. The zero-order valence-electron chi connectivity index (χ0n) is 16.0. The minimum atomic E-state index is -1.05. The number of carbonyl (C=O) groups is 2. The summed E-state index contributed by atoms with van der Waals surface area (Å²) in [5.41, 5.74) is 0. The second kappa shape index (κ2) is 17.5. The first-order valence-electron chi connectivity index (χ1n) is 10.2. The van der Waals surface area contributed by atoms with E-state index in [0.29, 0.717) is 6.42 Å². The Morgan fingerprint density at radius 3 is 1.68 bits per heavy atom. The first-order chi connectivity index (χ1) is 12.1. The molecule has 0 saturated carbocycles. The third-order valence-corrected chi connectivity index (χ3v) is 4.58. The fourth-order valence-electron chi connectivity index (χ4n) is 2.96. The number of rotatable bonds is 18. The Balaban J connectivity index is 3.40. The van der Waals surface area contributed by atoms with Crippen molar-refractivity contribution in [2.24, 2.45) is 5.92 Å². The van der Waals surface area contributed by atoms with Crippen LogP contribution in [0, 0.1) is 5.92 Å². The van der Waals surface area contributed by atoms with Crippen LogP contribution in [0.3, 0.4) is 0 Å². The van der Waals surface area contributed by atoms with Crippen molar-refractivity contribution >= 4 is 11.9 Å². The highest BCUT2D eigenvalue weighted by Gasteiger charge is 2.19. The molecule has 0 aliphatic rings. The number of allylic oxidation sites excluding steroid dienone is 2. The molecular weight excluding hydrogens is 316 g/mol. The summed E-state index contributed by atoms with van der Waals surface area (Å²) in [7, 11) is 0. The molecular formula is C21H38O4. The van der Waals surface area contributed by atoms with Crippen LogP contribution < -0.4 is 0 Å². The average Bonchev–Trinajstić information content (AvgIpc) is 2.56. The van der Waals surface area contributed by atoms with Crippen LogP contribution in [0.15, 0.2) is 12.2 Å². The molecule has 0 amide bonds. The van der Waals surface area contributed by atoms with E-state index in [9.17, 15) is 9.59 Å². The lowest BCUT2D eigenvalue weighted by Crippen LogP contribution is -2.16. The summed E-state index contributed by atoms with van der Waals surface area (Å²) in [5, 5.41) is 17.6. The highest BCUT2D eigenvalue weighted by Crippen LogP contribution is 2.13. The molecule has 0 radical (unpaired) electrons. The van der Waals surface area contributed by atoms with Gasteiger partial charge in [-0.25, -0.2) is 0 Å². The highest BCUT2D eigenvalue weighted by molar-refractivity contribution is 5.77. The van der Waals surface area contributed by atoms with Crippen LogP contribution in [0.1, 0.15) is 103 Å². The largest absolute Gasteiger partial charge is 0.481 e. The van der Waals surface area contributed by atoms with Gasteiger partial charge in [-0.2, -0.15) is 0 Å². The van der Waals surface area contributed by atoms with Crippen molar-refractivity contribution in [3.63, 3.8) is 0 Å². The van der Waals surface area contributed by atoms with E-state index in [1.165, 1.54) is 70.6 Å². The molecule has 0 aliphatic heterocycles. The topological polar surface area (TPSA) is 74.6 Å². The van der Waals surface area contributed by atoms with Crippen LogP contribution in [0.2, 0.25) is 0 Å². The molecule has 25 heavy (non-hydrogen) atoms. The first-order valence-corrected chi connectivity index (χ1v) is 10.2. The summed E-state index contributed by atoms with van der Waals surface area (Å²) < 4.78 is 0. The van der Waals surface area contributed by atoms with Gasteiger partial charge in [0.15, 0.2) is 0 Å². The van der Waals surface area contributed by atoms with Gasteiger partial charge in [-0.05, 0) is 19.3 Å². The number of carboxylic acids is 2. The fourth-order valence-corrected chi connectivity index (χ4v) is 2.96. The maximum atomic E-state index is 10.9. The van der Waals surface area contributed by atoms with E-state index in [-0.39, 0.29) is 6.42 Å². The van der Waals surface area contributed by atoms with Gasteiger partial charge in [-0.1, -0.05) is 89.7 Å². The van der Waals surface area contributed by atoms with E-state index < -0.39 is 17.9 Å². The van der Waals surface area contributed by atoms with Crippen molar-refractivity contribution in [2.75, 3.05) is 0 Å². The van der Waals surface area contributed by atoms with Crippen LogP contribution in [0.4, 0.5) is 0 Å². The van der Waals surface area contributed by atoms with E-state index in [0.717, 1.165) is 12.8 Å². The van der Waals surface area contributed by atoms with E-state index in [2.05, 4.69) is 6.92 Å². The summed E-state index contributed by atoms with van der Waals surface area (Å²) >= 11 is 0. The molecule has 4 nitrogen and oxygen atoms in total. The Hall–Kier alpha value is -1.32. The summed E-state index contributed by atoms with van der Waals surface area (Å²) in [4.78, 5) is 21.5. The minimum absolute atomic E-state index is 0.305. The standard InChI is InChI=1S/C21H38O4/c1-2-3-4-5-6-7-8-9-10-11-12-13-14-15-16-17-19(21(24)25)18-20(22)23/h15-16,19H,2-14,17-18H2,1H3,(H,22,23)(H,24,25)/b16-15+. The molecule has 2 N–H and O–H groups in total. The molecule has 0 fully saturated rings. The Kier molecular flexibility index (Phi) is 16.6. The molecule has 0 bridgehead atoms. The van der Waals surface area contributed by atoms with Crippen molar-refractivity contribution in [3.8, 4) is 0 Å². The van der Waals surface area contributed by atoms with Crippen molar-refractivity contribution in [1.29, 1.82) is 0 Å². The van der Waals surface area contributed by atoms with Crippen LogP contribution >= 0.6 is 0 Å². The first kappa shape index (κ1) is 23.7. The summed E-state index contributed by atoms with van der Waals surface area (Å²) in [6.07, 6.45) is 20.7. The second-order valence-corrected chi connectivity index (χ2v) is 7.02. The van der Waals surface area contributed by atoms with Gasteiger partial charge in [-0.3, -0.25) is 9.59 Å². The van der Waals surface area contributed by atoms with E-state index in [4.69, 9.17) is 10.2 Å². The third kappa shape index (κ3) is 17.3. The summed E-state index contributed by atoms with van der Waals surface area (Å²) in [5.74, 6) is -2.89. The minimum Gasteiger partial charge on any atom is -0.481 e. The number of hydrogen-bond donors (Lipinski definition) is 2. The van der Waals surface area contributed by atoms with Gasteiger partial charge >= 0.3 is 11.9 Å². The SMILES string of the molecule is CCCCCCCCCCCCCC/C=C/CC(CC(=O)O)C(=O)O. The molecule has 0 heterocycles. The Morgan fingerprint density at radius 2 is 1.24 bits per heavy atom. The van der Waals surface area contributed by atoms with Crippen molar-refractivity contribution in [1.82, 2.24) is 0 Å². The molecule has 0 aromatic carbocycles. The molecule has 4 heteroatoms. The van der Waals surface area contributed by atoms with Gasteiger partial charge in [-0.15, -0.1) is 0 Å². The van der Waals surface area contributed by atoms with Gasteiger partial charge in [0.25, 0.3) is 0 Å². The van der Waals surface area contributed by atoms with Crippen molar-refractivity contribution < 1.29 is 19.8 Å². The third-order valence-electron chi connectivity index (χ3n) is 4.58. The van der Waals surface area contributed by atoms with E-state index in [1.54, 1.807) is 0 Å². The molecule has 0 saturated heterocycles. The maximum absolute atomic E-state index is 10.9. The Bertz CT molecular complexity index is 363. The van der Waals surface area contributed by atoms with Gasteiger partial charge in [0.2, 0.25) is 0 Å². The van der Waals surface area contributed by atoms with Gasteiger partial charge < -0.3 is 10.2 Å². The Morgan fingerprint density at radius 1 is 0.760 bits per heavy atom. The smallest absolute Gasteiger partial charge is 0.307 e. The normalized spacial score (nSPS) is 12.5. The number of unbranched alkanes of at least 4 members (excludes halogenated alkanes) is 12. The number of aliphatic carboxylic acids is 2. The van der Waals surface area contributed by atoms with Crippen molar-refractivity contribution in [3.05, 3.63) is 12.2 Å². The maximum Gasteiger partial charge on any atom is 0.307 e. The zero-order valence-corrected chi connectivity index (χ0v) is 16.0. The Labute approximate surface area is 153 Å². The monoisotopic (exact) mass is 354 g/mol. The quantitative estimate of drug-likeness (QED) is 0.227. The lowest BCUT2D eigenvalue weighted by Gasteiger charge is -2.05. The van der Waals surface area contributed by atoms with Crippen LogP contribution in [-0.2, 0) is 9.59 Å². The van der Waals surface area contributed by atoms with Crippen LogP contribution in [0.5, 0.6) is 0 Å². The molecule has 1 atom stereocenters. The van der Waals surface area contributed by atoms with Gasteiger partial charge in [0, 0.05) is 0 Å². The molecule has 0 spiro atoms. The fraction of sp³-hybridized carbons (Fsp3) is 0.810. The molecule has 0 aromatic heterocycles. The molecule has 146 valence electrons. The van der Waals surface area contributed by atoms with E-state index in [1.807, 2.05) is 12.2 Å². The number of hydrogen-bond acceptors (Lipinski definition) is 2. The van der Waals surface area contributed by atoms with Gasteiger partial charge in [0.1, 0.15) is 0 Å². The predicted molar refractivity (Wildman–Crippen MR) is 103 cm³/mol. The lowest BCUT2D eigenvalue weighted by atomic mass is 10.0. The van der Waals surface area contributed by atoms with Gasteiger partial charge in [0.05, 0.1) is 12.3 Å². The van der Waals surface area contributed by atoms with Crippen molar-refractivity contribution in [2.45, 2.75) is 103 Å². The molecule has 0 aliphatic carbocycles. The lowest BCUT2D eigenvalue weighted by molar-refractivity contribution is -0.148. The molecule has 0 rings (SSSR count). The average molecular weight is 355 g/mol.